The van der Waals surface area contributed by atoms with E-state index in [4.69, 9.17) is 10.5 Å². The van der Waals surface area contributed by atoms with Gasteiger partial charge in [0.15, 0.2) is 0 Å². The smallest absolute Gasteiger partial charge is 0.410 e. The van der Waals surface area contributed by atoms with E-state index in [1.807, 2.05) is 41.5 Å². The fourth-order valence-corrected chi connectivity index (χ4v) is 1.88. The van der Waals surface area contributed by atoms with Crippen LogP contribution >= 0.6 is 0 Å². The summed E-state index contributed by atoms with van der Waals surface area (Å²) in [6, 6.07) is 0. The molecule has 22 heavy (non-hydrogen) atoms. The Morgan fingerprint density at radius 3 is 2.09 bits per heavy atom. The molecule has 0 spiro atoms. The Hall–Kier alpha value is -1.30. The van der Waals surface area contributed by atoms with Gasteiger partial charge in [-0.25, -0.2) is 4.79 Å². The molecule has 0 aliphatic carbocycles. The number of ether oxygens (including phenoxy) is 1. The third-order valence-electron chi connectivity index (χ3n) is 2.96. The number of rotatable bonds is 8. The second kappa shape index (κ2) is 8.98. The van der Waals surface area contributed by atoms with Crippen molar-refractivity contribution in [3.8, 4) is 0 Å². The van der Waals surface area contributed by atoms with Gasteiger partial charge in [-0.1, -0.05) is 0 Å². The number of nitrogens with two attached hydrogens (primary N) is 1. The minimum absolute atomic E-state index is 0.260. The van der Waals surface area contributed by atoms with Crippen LogP contribution in [0.25, 0.3) is 0 Å². The number of unbranched alkanes of at least 4 members (excludes halogenated alkanes) is 1. The third-order valence-corrected chi connectivity index (χ3v) is 2.96. The first-order valence-corrected chi connectivity index (χ1v) is 7.93. The maximum Gasteiger partial charge on any atom is 0.410 e. The number of hydrogen-bond acceptors (Lipinski definition) is 4. The number of amides is 2. The van der Waals surface area contributed by atoms with Gasteiger partial charge in [0.1, 0.15) is 5.60 Å². The summed E-state index contributed by atoms with van der Waals surface area (Å²) in [5.41, 5.74) is 4.29. The van der Waals surface area contributed by atoms with E-state index >= 15 is 0 Å². The number of nitrogens with one attached hydrogen (secondary N) is 1. The molecule has 2 amide bonds. The van der Waals surface area contributed by atoms with Gasteiger partial charge < -0.3 is 20.7 Å². The maximum atomic E-state index is 12.3. The lowest BCUT2D eigenvalue weighted by Gasteiger charge is -2.36. The molecule has 0 rings (SSSR count). The van der Waals surface area contributed by atoms with E-state index in [0.29, 0.717) is 19.5 Å². The first-order valence-electron chi connectivity index (χ1n) is 7.93. The van der Waals surface area contributed by atoms with Crippen LogP contribution in [0.1, 0.15) is 60.8 Å². The SMILES string of the molecule is CC(C)(C)OC(=O)N(CCNCCCCC(N)=O)C(C)(C)C. The number of carbonyl (C=O) groups excluding carboxylic acids is 2. The highest BCUT2D eigenvalue weighted by atomic mass is 16.6. The van der Waals surface area contributed by atoms with E-state index in [9.17, 15) is 9.59 Å². The van der Waals surface area contributed by atoms with E-state index in [2.05, 4.69) is 5.32 Å². The fraction of sp³-hybridized carbons (Fsp3) is 0.875. The van der Waals surface area contributed by atoms with Gasteiger partial charge in [0, 0.05) is 25.0 Å². The normalized spacial score (nSPS) is 12.1. The lowest BCUT2D eigenvalue weighted by molar-refractivity contribution is -0.118. The topological polar surface area (TPSA) is 84.7 Å². The van der Waals surface area contributed by atoms with Gasteiger partial charge in [0.25, 0.3) is 0 Å². The molecule has 130 valence electrons. The van der Waals surface area contributed by atoms with Crippen molar-refractivity contribution in [1.82, 2.24) is 10.2 Å². The second-order valence-corrected chi connectivity index (χ2v) is 7.48. The van der Waals surface area contributed by atoms with Gasteiger partial charge in [0.2, 0.25) is 5.91 Å². The number of carbonyl (C=O) groups is 2. The van der Waals surface area contributed by atoms with Crippen LogP contribution in [0, 0.1) is 0 Å². The molecule has 6 nitrogen and oxygen atoms in total. The highest BCUT2D eigenvalue weighted by molar-refractivity contribution is 5.73. The van der Waals surface area contributed by atoms with Crippen molar-refractivity contribution < 1.29 is 14.3 Å². The summed E-state index contributed by atoms with van der Waals surface area (Å²) in [4.78, 5) is 24.6. The molecule has 0 unspecified atom stereocenters. The van der Waals surface area contributed by atoms with Gasteiger partial charge in [-0.05, 0) is 60.9 Å². The lowest BCUT2D eigenvalue weighted by Crippen LogP contribution is -2.50. The van der Waals surface area contributed by atoms with E-state index in [0.717, 1.165) is 19.4 Å². The highest BCUT2D eigenvalue weighted by Gasteiger charge is 2.30. The molecule has 0 aromatic carbocycles. The predicted octanol–water partition coefficient (Wildman–Crippen LogP) is 2.27. The molecule has 0 aliphatic heterocycles. The molecule has 0 aromatic heterocycles. The van der Waals surface area contributed by atoms with Crippen molar-refractivity contribution in [3.05, 3.63) is 0 Å². The van der Waals surface area contributed by atoms with Crippen LogP contribution in [-0.2, 0) is 9.53 Å². The minimum atomic E-state index is -0.497. The van der Waals surface area contributed by atoms with Crippen LogP contribution in [0.2, 0.25) is 0 Å². The van der Waals surface area contributed by atoms with Crippen molar-refractivity contribution in [2.75, 3.05) is 19.6 Å². The molecule has 6 heteroatoms. The Bertz CT molecular complexity index is 357. The molecule has 0 atom stereocenters. The minimum Gasteiger partial charge on any atom is -0.444 e. The molecular weight excluding hydrogens is 282 g/mol. The van der Waals surface area contributed by atoms with Crippen molar-refractivity contribution in [2.45, 2.75) is 71.9 Å². The average molecular weight is 315 g/mol. The van der Waals surface area contributed by atoms with Gasteiger partial charge in [0.05, 0.1) is 0 Å². The number of hydrogen-bond donors (Lipinski definition) is 2. The zero-order valence-electron chi connectivity index (χ0n) is 15.0. The Morgan fingerprint density at radius 1 is 1.05 bits per heavy atom. The van der Waals surface area contributed by atoms with Crippen molar-refractivity contribution in [2.24, 2.45) is 5.73 Å². The summed E-state index contributed by atoms with van der Waals surface area (Å²) in [5.74, 6) is -0.260. The zero-order chi connectivity index (χ0) is 17.4. The van der Waals surface area contributed by atoms with Crippen LogP contribution in [-0.4, -0.2) is 47.7 Å². The fourth-order valence-electron chi connectivity index (χ4n) is 1.88. The summed E-state index contributed by atoms with van der Waals surface area (Å²) < 4.78 is 5.46. The largest absolute Gasteiger partial charge is 0.444 e. The Morgan fingerprint density at radius 2 is 1.64 bits per heavy atom. The molecule has 0 saturated carbocycles. The van der Waals surface area contributed by atoms with E-state index in [-0.39, 0.29) is 17.5 Å². The summed E-state index contributed by atoms with van der Waals surface area (Å²) in [5, 5.41) is 3.28. The molecule has 0 bridgehead atoms. The van der Waals surface area contributed by atoms with E-state index in [1.165, 1.54) is 0 Å². The van der Waals surface area contributed by atoms with Crippen molar-refractivity contribution in [3.63, 3.8) is 0 Å². The summed E-state index contributed by atoms with van der Waals surface area (Å²) >= 11 is 0. The van der Waals surface area contributed by atoms with Crippen LogP contribution in [0.15, 0.2) is 0 Å². The Kier molecular flexibility index (Phi) is 8.45. The quantitative estimate of drug-likeness (QED) is 0.673. The molecule has 3 N–H and O–H groups in total. The summed E-state index contributed by atoms with van der Waals surface area (Å²) in [7, 11) is 0. The summed E-state index contributed by atoms with van der Waals surface area (Å²) in [6.07, 6.45) is 1.81. The molecule has 0 saturated heterocycles. The van der Waals surface area contributed by atoms with Crippen LogP contribution in [0.5, 0.6) is 0 Å². The predicted molar refractivity (Wildman–Crippen MR) is 88.6 cm³/mol. The highest BCUT2D eigenvalue weighted by Crippen LogP contribution is 2.17. The zero-order valence-corrected chi connectivity index (χ0v) is 15.0. The Labute approximate surface area is 134 Å². The second-order valence-electron chi connectivity index (χ2n) is 7.48. The van der Waals surface area contributed by atoms with Crippen LogP contribution in [0.3, 0.4) is 0 Å². The van der Waals surface area contributed by atoms with E-state index < -0.39 is 5.60 Å². The molecular formula is C16H33N3O3. The van der Waals surface area contributed by atoms with Gasteiger partial charge in [-0.2, -0.15) is 0 Å². The van der Waals surface area contributed by atoms with Gasteiger partial charge in [-0.15, -0.1) is 0 Å². The molecule has 0 fully saturated rings. The Balaban J connectivity index is 4.18. The number of nitrogens with zero attached hydrogens (tertiary/aromatic N) is 1. The standard InChI is InChI=1S/C16H33N3O3/c1-15(2,3)19(14(21)22-16(4,5)6)12-11-18-10-8-7-9-13(17)20/h18H,7-12H2,1-6H3,(H2,17,20). The number of primary amides is 1. The van der Waals surface area contributed by atoms with Gasteiger partial charge in [-0.3, -0.25) is 4.79 Å². The molecule has 0 aliphatic rings. The summed E-state index contributed by atoms with van der Waals surface area (Å²) in [6.45, 7) is 13.6. The van der Waals surface area contributed by atoms with Crippen molar-refractivity contribution in [1.29, 1.82) is 0 Å². The lowest BCUT2D eigenvalue weighted by atomic mass is 10.1. The van der Waals surface area contributed by atoms with Crippen LogP contribution in [0.4, 0.5) is 4.79 Å². The van der Waals surface area contributed by atoms with Crippen molar-refractivity contribution >= 4 is 12.0 Å². The molecule has 0 radical (unpaired) electrons. The first-order chi connectivity index (χ1) is 9.93. The average Bonchev–Trinajstić information content (AvgIpc) is 2.27. The van der Waals surface area contributed by atoms with E-state index in [1.54, 1.807) is 4.90 Å². The van der Waals surface area contributed by atoms with Gasteiger partial charge >= 0.3 is 6.09 Å². The molecule has 0 heterocycles. The van der Waals surface area contributed by atoms with Crippen LogP contribution < -0.4 is 11.1 Å². The maximum absolute atomic E-state index is 12.3. The molecule has 0 aromatic rings. The monoisotopic (exact) mass is 315 g/mol. The first kappa shape index (κ1) is 20.7. The third kappa shape index (κ3) is 10.4.